The molecule has 0 aliphatic carbocycles. The average molecular weight is 384 g/mol. The minimum absolute atomic E-state index is 0.244. The molecule has 6 nitrogen and oxygen atoms in total. The molecule has 0 heterocycles. The predicted molar refractivity (Wildman–Crippen MR) is 93.1 cm³/mol. The van der Waals surface area contributed by atoms with Gasteiger partial charge in [-0.3, -0.25) is 14.4 Å². The van der Waals surface area contributed by atoms with Gasteiger partial charge in [0.2, 0.25) is 5.91 Å². The first-order chi connectivity index (χ1) is 11.8. The highest BCUT2D eigenvalue weighted by atomic mass is 35.5. The maximum Gasteiger partial charge on any atom is 0.313 e. The van der Waals surface area contributed by atoms with E-state index in [1.54, 1.807) is 0 Å². The number of carbonyl (C=O) groups excluding carboxylic acids is 3. The third-order valence-electron chi connectivity index (χ3n) is 2.86. The van der Waals surface area contributed by atoms with E-state index in [9.17, 15) is 18.8 Å². The lowest BCUT2D eigenvalue weighted by atomic mass is 10.3. The number of hydrogen-bond acceptors (Lipinski definition) is 3. The highest BCUT2D eigenvalue weighted by Crippen LogP contribution is 2.22. The summed E-state index contributed by atoms with van der Waals surface area (Å²) in [6, 6.07) is 9.39. The van der Waals surface area contributed by atoms with Crippen LogP contribution in [0.15, 0.2) is 42.5 Å². The minimum Gasteiger partial charge on any atom is -0.339 e. The molecule has 0 atom stereocenters. The van der Waals surface area contributed by atoms with Crippen LogP contribution in [0, 0.1) is 5.82 Å². The highest BCUT2D eigenvalue weighted by molar-refractivity contribution is 6.40. The minimum atomic E-state index is -1.01. The van der Waals surface area contributed by atoms with Crippen LogP contribution in [0.2, 0.25) is 10.0 Å². The van der Waals surface area contributed by atoms with Crippen molar-refractivity contribution in [2.45, 2.75) is 0 Å². The van der Waals surface area contributed by atoms with E-state index in [0.717, 1.165) is 0 Å². The fourth-order valence-electron chi connectivity index (χ4n) is 1.79. The van der Waals surface area contributed by atoms with Gasteiger partial charge in [-0.2, -0.15) is 0 Å². The first kappa shape index (κ1) is 18.7. The molecule has 0 aromatic heterocycles. The maximum absolute atomic E-state index is 12.8. The van der Waals surface area contributed by atoms with Crippen LogP contribution < -0.4 is 16.0 Å². The number of rotatable bonds is 4. The van der Waals surface area contributed by atoms with Gasteiger partial charge in [0, 0.05) is 21.4 Å². The average Bonchev–Trinajstić information content (AvgIpc) is 2.53. The van der Waals surface area contributed by atoms with Gasteiger partial charge in [0.1, 0.15) is 5.82 Å². The summed E-state index contributed by atoms with van der Waals surface area (Å²) in [5, 5.41) is 7.50. The normalized spacial score (nSPS) is 10.0. The van der Waals surface area contributed by atoms with Crippen LogP contribution in [0.5, 0.6) is 0 Å². The van der Waals surface area contributed by atoms with Gasteiger partial charge in [0.25, 0.3) is 0 Å². The van der Waals surface area contributed by atoms with Crippen molar-refractivity contribution in [1.82, 2.24) is 5.32 Å². The summed E-state index contributed by atoms with van der Waals surface area (Å²) in [6.07, 6.45) is 0. The van der Waals surface area contributed by atoms with Crippen LogP contribution >= 0.6 is 23.2 Å². The van der Waals surface area contributed by atoms with Gasteiger partial charge in [0.15, 0.2) is 0 Å². The van der Waals surface area contributed by atoms with Gasteiger partial charge in [-0.25, -0.2) is 4.39 Å². The second-order valence-corrected chi connectivity index (χ2v) is 5.72. The molecule has 0 unspecified atom stereocenters. The van der Waals surface area contributed by atoms with Crippen LogP contribution in [0.1, 0.15) is 0 Å². The van der Waals surface area contributed by atoms with E-state index < -0.39 is 30.1 Å². The molecule has 0 radical (unpaired) electrons. The molecule has 3 amide bonds. The summed E-state index contributed by atoms with van der Waals surface area (Å²) in [6.45, 7) is -0.431. The fraction of sp³-hybridized carbons (Fsp3) is 0.0625. The summed E-state index contributed by atoms with van der Waals surface area (Å²) in [7, 11) is 0. The van der Waals surface area contributed by atoms with E-state index >= 15 is 0 Å². The van der Waals surface area contributed by atoms with Crippen LogP contribution in [-0.4, -0.2) is 24.3 Å². The summed E-state index contributed by atoms with van der Waals surface area (Å²) >= 11 is 11.6. The SMILES string of the molecule is O=C(CNC(=O)C(=O)Nc1cc(Cl)cc(Cl)c1)Nc1ccc(F)cc1. The number of benzene rings is 2. The van der Waals surface area contributed by atoms with Gasteiger partial charge in [-0.05, 0) is 42.5 Å². The summed E-state index contributed by atoms with van der Waals surface area (Å²) in [5.41, 5.74) is 0.604. The Morgan fingerprint density at radius 2 is 1.44 bits per heavy atom. The lowest BCUT2D eigenvalue weighted by molar-refractivity contribution is -0.136. The number of nitrogens with one attached hydrogen (secondary N) is 3. The molecule has 2 rings (SSSR count). The molecule has 0 bridgehead atoms. The van der Waals surface area contributed by atoms with Gasteiger partial charge in [-0.1, -0.05) is 23.2 Å². The van der Waals surface area contributed by atoms with Crippen molar-refractivity contribution >= 4 is 52.3 Å². The Kier molecular flexibility index (Phi) is 6.32. The molecule has 0 saturated carbocycles. The molecule has 25 heavy (non-hydrogen) atoms. The van der Waals surface area contributed by atoms with Crippen LogP contribution in [0.3, 0.4) is 0 Å². The second-order valence-electron chi connectivity index (χ2n) is 4.85. The Hall–Kier alpha value is -2.64. The van der Waals surface area contributed by atoms with Gasteiger partial charge in [0.05, 0.1) is 6.54 Å². The highest BCUT2D eigenvalue weighted by Gasteiger charge is 2.15. The van der Waals surface area contributed by atoms with Crippen LogP contribution in [0.4, 0.5) is 15.8 Å². The monoisotopic (exact) mass is 383 g/mol. The fourth-order valence-corrected chi connectivity index (χ4v) is 2.32. The lowest BCUT2D eigenvalue weighted by Crippen LogP contribution is -2.39. The molecule has 130 valence electrons. The molecule has 9 heteroatoms. The van der Waals surface area contributed by atoms with Gasteiger partial charge < -0.3 is 16.0 Å². The number of carbonyl (C=O) groups is 3. The van der Waals surface area contributed by atoms with E-state index in [-0.39, 0.29) is 5.69 Å². The number of amides is 3. The quantitative estimate of drug-likeness (QED) is 0.709. The van der Waals surface area contributed by atoms with Crippen molar-refractivity contribution in [2.75, 3.05) is 17.2 Å². The predicted octanol–water partition coefficient (Wildman–Crippen LogP) is 2.83. The Labute approximate surface area is 152 Å². The first-order valence-corrected chi connectivity index (χ1v) is 7.70. The van der Waals surface area contributed by atoms with Gasteiger partial charge >= 0.3 is 11.8 Å². The molecular formula is C16H12Cl2FN3O3. The summed E-state index contributed by atoms with van der Waals surface area (Å²) < 4.78 is 12.8. The molecule has 0 saturated heterocycles. The molecule has 0 aliphatic rings. The zero-order chi connectivity index (χ0) is 18.4. The number of halogens is 3. The molecule has 0 aliphatic heterocycles. The van der Waals surface area contributed by atoms with Crippen molar-refractivity contribution in [3.05, 3.63) is 58.3 Å². The van der Waals surface area contributed by atoms with Gasteiger partial charge in [-0.15, -0.1) is 0 Å². The van der Waals surface area contributed by atoms with Crippen LogP contribution in [-0.2, 0) is 14.4 Å². The summed E-state index contributed by atoms with van der Waals surface area (Å²) in [4.78, 5) is 35.1. The topological polar surface area (TPSA) is 87.3 Å². The van der Waals surface area contributed by atoms with E-state index in [4.69, 9.17) is 23.2 Å². The van der Waals surface area contributed by atoms with Crippen LogP contribution in [0.25, 0.3) is 0 Å². The lowest BCUT2D eigenvalue weighted by Gasteiger charge is -2.08. The maximum atomic E-state index is 12.8. The first-order valence-electron chi connectivity index (χ1n) is 6.94. The summed E-state index contributed by atoms with van der Waals surface area (Å²) in [5.74, 6) is -3.00. The third kappa shape index (κ3) is 6.06. The zero-order valence-electron chi connectivity index (χ0n) is 12.6. The largest absolute Gasteiger partial charge is 0.339 e. The van der Waals surface area contributed by atoms with Crippen molar-refractivity contribution in [1.29, 1.82) is 0 Å². The molecule has 2 aromatic rings. The van der Waals surface area contributed by atoms with Crippen molar-refractivity contribution in [3.63, 3.8) is 0 Å². The van der Waals surface area contributed by atoms with E-state index in [1.807, 2.05) is 0 Å². The van der Waals surface area contributed by atoms with E-state index in [2.05, 4.69) is 16.0 Å². The molecule has 0 spiro atoms. The molecule has 2 aromatic carbocycles. The number of hydrogen-bond donors (Lipinski definition) is 3. The Morgan fingerprint density at radius 1 is 0.840 bits per heavy atom. The Morgan fingerprint density at radius 3 is 2.04 bits per heavy atom. The van der Waals surface area contributed by atoms with Crippen molar-refractivity contribution in [2.24, 2.45) is 0 Å². The third-order valence-corrected chi connectivity index (χ3v) is 3.30. The van der Waals surface area contributed by atoms with Crippen molar-refractivity contribution < 1.29 is 18.8 Å². The Balaban J connectivity index is 1.83. The van der Waals surface area contributed by atoms with E-state index in [1.165, 1.54) is 42.5 Å². The van der Waals surface area contributed by atoms with Crippen molar-refractivity contribution in [3.8, 4) is 0 Å². The second kappa shape index (κ2) is 8.46. The molecule has 3 N–H and O–H groups in total. The number of anilines is 2. The smallest absolute Gasteiger partial charge is 0.313 e. The van der Waals surface area contributed by atoms with E-state index in [0.29, 0.717) is 15.7 Å². The molecule has 0 fully saturated rings. The Bertz CT molecular complexity index is 793. The standard InChI is InChI=1S/C16H12Cl2FN3O3/c17-9-5-10(18)7-13(6-9)22-16(25)15(24)20-8-14(23)21-12-3-1-11(19)2-4-12/h1-7H,8H2,(H,20,24)(H,21,23)(H,22,25). The molecular weight excluding hydrogens is 372 g/mol. The zero-order valence-corrected chi connectivity index (χ0v) is 14.1.